The molecule has 0 atom stereocenters. The van der Waals surface area contributed by atoms with E-state index in [2.05, 4.69) is 47.8 Å². The molecule has 0 unspecified atom stereocenters. The minimum atomic E-state index is -1.67. The molecule has 0 aromatic heterocycles. The van der Waals surface area contributed by atoms with E-state index in [4.69, 9.17) is 5.11 Å². The van der Waals surface area contributed by atoms with Gasteiger partial charge in [-0.25, -0.2) is 0 Å². The first-order valence-corrected chi connectivity index (χ1v) is 8.50. The lowest BCUT2D eigenvalue weighted by molar-refractivity contribution is -0.171. The van der Waals surface area contributed by atoms with Gasteiger partial charge in [0.15, 0.2) is 5.79 Å². The Morgan fingerprint density at radius 2 is 1.48 bits per heavy atom. The normalized spacial score (nSPS) is 10.8. The van der Waals surface area contributed by atoms with E-state index in [-0.39, 0.29) is 5.75 Å². The zero-order valence-electron chi connectivity index (χ0n) is 11.2. The van der Waals surface area contributed by atoms with Crippen LogP contribution in [0.1, 0.15) is 18.9 Å². The molecule has 2 aromatic carbocycles. The molecule has 6 heteroatoms. The topological polar surface area (TPSA) is 60.7 Å². The highest BCUT2D eigenvalue weighted by Gasteiger charge is 2.21. The highest BCUT2D eigenvalue weighted by molar-refractivity contribution is 9.14. The second-order valence-corrected chi connectivity index (χ2v) is 6.67. The molecule has 0 spiro atoms. The van der Waals surface area contributed by atoms with E-state index < -0.39 is 5.79 Å². The molecule has 114 valence electrons. The Hall–Kier alpha value is -0.400. The van der Waals surface area contributed by atoms with Crippen molar-refractivity contribution >= 4 is 47.8 Å². The van der Waals surface area contributed by atoms with Gasteiger partial charge < -0.3 is 15.3 Å². The number of phenolic OH excluding ortho intramolecular Hbond substituents is 1. The van der Waals surface area contributed by atoms with Crippen LogP contribution in [0.5, 0.6) is 5.75 Å². The standard InChI is InChI=1S/C9H12O2.C6H3Br3O/c1-2-9(10,11)8-6-4-3-5-7-8;7-3-1-2-4(10)6(9)5(3)8/h3-7,10-11H,2H2,1H3;1-2,10H. The first-order chi connectivity index (χ1) is 9.79. The van der Waals surface area contributed by atoms with E-state index in [0.29, 0.717) is 16.5 Å². The van der Waals surface area contributed by atoms with Gasteiger partial charge in [0.25, 0.3) is 0 Å². The zero-order valence-corrected chi connectivity index (χ0v) is 16.0. The van der Waals surface area contributed by atoms with Gasteiger partial charge in [0, 0.05) is 20.9 Å². The Kier molecular flexibility index (Phi) is 7.36. The molecule has 2 rings (SSSR count). The van der Waals surface area contributed by atoms with Crippen LogP contribution in [-0.2, 0) is 5.79 Å². The third kappa shape index (κ3) is 5.38. The minimum absolute atomic E-state index is 0.232. The number of benzene rings is 2. The van der Waals surface area contributed by atoms with Crippen LogP contribution >= 0.6 is 47.8 Å². The van der Waals surface area contributed by atoms with Gasteiger partial charge in [0.05, 0.1) is 4.47 Å². The molecule has 0 radical (unpaired) electrons. The number of rotatable bonds is 2. The van der Waals surface area contributed by atoms with E-state index in [0.717, 1.165) is 8.95 Å². The lowest BCUT2D eigenvalue weighted by Gasteiger charge is -2.19. The van der Waals surface area contributed by atoms with Gasteiger partial charge in [0.2, 0.25) is 0 Å². The van der Waals surface area contributed by atoms with Crippen LogP contribution in [-0.4, -0.2) is 15.3 Å². The van der Waals surface area contributed by atoms with E-state index >= 15 is 0 Å². The number of aromatic hydroxyl groups is 1. The van der Waals surface area contributed by atoms with Crippen LogP contribution in [0.3, 0.4) is 0 Å². The summed E-state index contributed by atoms with van der Waals surface area (Å²) in [5.74, 6) is -1.43. The monoisotopic (exact) mass is 480 g/mol. The summed E-state index contributed by atoms with van der Waals surface area (Å²) in [6.07, 6.45) is 0.303. The summed E-state index contributed by atoms with van der Waals surface area (Å²) >= 11 is 9.77. The summed E-state index contributed by atoms with van der Waals surface area (Å²) in [6, 6.07) is 12.2. The van der Waals surface area contributed by atoms with Crippen LogP contribution in [0.2, 0.25) is 0 Å². The molecule has 2 aromatic rings. The van der Waals surface area contributed by atoms with Gasteiger partial charge in [-0.1, -0.05) is 37.3 Å². The molecule has 0 fully saturated rings. The van der Waals surface area contributed by atoms with Crippen molar-refractivity contribution in [1.29, 1.82) is 0 Å². The Morgan fingerprint density at radius 1 is 0.905 bits per heavy atom. The Labute approximate surface area is 149 Å². The van der Waals surface area contributed by atoms with Crippen molar-refractivity contribution in [2.24, 2.45) is 0 Å². The smallest absolute Gasteiger partial charge is 0.189 e. The first-order valence-electron chi connectivity index (χ1n) is 6.12. The van der Waals surface area contributed by atoms with E-state index in [1.54, 1.807) is 43.3 Å². The Morgan fingerprint density at radius 3 is 1.95 bits per heavy atom. The van der Waals surface area contributed by atoms with Gasteiger partial charge >= 0.3 is 0 Å². The molecule has 0 aliphatic rings. The molecule has 0 aliphatic carbocycles. The van der Waals surface area contributed by atoms with E-state index in [1.165, 1.54) is 0 Å². The number of hydrogen-bond donors (Lipinski definition) is 3. The van der Waals surface area contributed by atoms with Crippen molar-refractivity contribution in [1.82, 2.24) is 0 Å². The summed E-state index contributed by atoms with van der Waals surface area (Å²) in [7, 11) is 0. The van der Waals surface area contributed by atoms with E-state index in [1.807, 2.05) is 6.07 Å². The molecule has 0 bridgehead atoms. The Bertz CT molecular complexity index is 559. The van der Waals surface area contributed by atoms with Crippen molar-refractivity contribution in [3.63, 3.8) is 0 Å². The third-order valence-corrected chi connectivity index (χ3v) is 6.10. The molecule has 0 aliphatic heterocycles. The van der Waals surface area contributed by atoms with Gasteiger partial charge in [-0.15, -0.1) is 0 Å². The molecular weight excluding hydrogens is 468 g/mol. The summed E-state index contributed by atoms with van der Waals surface area (Å²) in [5.41, 5.74) is 0.544. The predicted molar refractivity (Wildman–Crippen MR) is 94.1 cm³/mol. The summed E-state index contributed by atoms with van der Waals surface area (Å²) in [4.78, 5) is 0. The maximum Gasteiger partial charge on any atom is 0.189 e. The average molecular weight is 483 g/mol. The third-order valence-electron chi connectivity index (χ3n) is 2.74. The fraction of sp³-hybridized carbons (Fsp3) is 0.200. The van der Waals surface area contributed by atoms with Gasteiger partial charge in [-0.3, -0.25) is 0 Å². The minimum Gasteiger partial charge on any atom is -0.507 e. The lowest BCUT2D eigenvalue weighted by Crippen LogP contribution is -2.23. The largest absolute Gasteiger partial charge is 0.507 e. The lowest BCUT2D eigenvalue weighted by atomic mass is 10.0. The zero-order chi connectivity index (χ0) is 16.0. The molecule has 21 heavy (non-hydrogen) atoms. The molecular formula is C15H15Br3O3. The van der Waals surface area contributed by atoms with E-state index in [9.17, 15) is 10.2 Å². The molecule has 0 saturated heterocycles. The van der Waals surface area contributed by atoms with Gasteiger partial charge in [-0.05, 0) is 59.9 Å². The quantitative estimate of drug-likeness (QED) is 0.421. The van der Waals surface area contributed by atoms with Crippen molar-refractivity contribution in [3.05, 3.63) is 61.4 Å². The number of phenols is 1. The molecule has 0 saturated carbocycles. The van der Waals surface area contributed by atoms with Crippen molar-refractivity contribution < 1.29 is 15.3 Å². The maximum atomic E-state index is 9.35. The summed E-state index contributed by atoms with van der Waals surface area (Å²) in [5, 5.41) is 27.8. The number of aliphatic hydroxyl groups is 2. The van der Waals surface area contributed by atoms with Crippen LogP contribution in [0.15, 0.2) is 55.9 Å². The molecule has 0 heterocycles. The number of hydrogen-bond acceptors (Lipinski definition) is 3. The van der Waals surface area contributed by atoms with Gasteiger partial charge in [-0.2, -0.15) is 0 Å². The number of halogens is 3. The second kappa shape index (κ2) is 8.29. The molecule has 3 nitrogen and oxygen atoms in total. The fourth-order valence-electron chi connectivity index (χ4n) is 1.42. The predicted octanol–water partition coefficient (Wildman–Crippen LogP) is 4.91. The summed E-state index contributed by atoms with van der Waals surface area (Å²) in [6.45, 7) is 1.73. The van der Waals surface area contributed by atoms with Crippen LogP contribution in [0, 0.1) is 0 Å². The van der Waals surface area contributed by atoms with Crippen LogP contribution < -0.4 is 0 Å². The van der Waals surface area contributed by atoms with Crippen LogP contribution in [0.25, 0.3) is 0 Å². The fourth-order valence-corrected chi connectivity index (χ4v) is 2.70. The molecule has 0 amide bonds. The SMILES string of the molecule is CCC(O)(O)c1ccccc1.Oc1ccc(Br)c(Br)c1Br. The first kappa shape index (κ1) is 18.6. The highest BCUT2D eigenvalue weighted by Crippen LogP contribution is 2.36. The molecule has 3 N–H and O–H groups in total. The van der Waals surface area contributed by atoms with Crippen LogP contribution in [0.4, 0.5) is 0 Å². The Balaban J connectivity index is 0.000000211. The van der Waals surface area contributed by atoms with Crippen molar-refractivity contribution in [2.75, 3.05) is 0 Å². The second-order valence-electron chi connectivity index (χ2n) is 4.23. The maximum absolute atomic E-state index is 9.35. The van der Waals surface area contributed by atoms with Crippen molar-refractivity contribution in [2.45, 2.75) is 19.1 Å². The van der Waals surface area contributed by atoms with Crippen molar-refractivity contribution in [3.8, 4) is 5.75 Å². The summed E-state index contributed by atoms with van der Waals surface area (Å²) < 4.78 is 2.41. The van der Waals surface area contributed by atoms with Gasteiger partial charge in [0.1, 0.15) is 5.75 Å². The highest BCUT2D eigenvalue weighted by atomic mass is 79.9. The average Bonchev–Trinajstić information content (AvgIpc) is 2.50.